The quantitative estimate of drug-likeness (QED) is 0.870. The number of nitrogens with one attached hydrogen (secondary N) is 1. The van der Waals surface area contributed by atoms with Crippen LogP contribution >= 0.6 is 0 Å². The number of hydrogen-bond acceptors (Lipinski definition) is 2. The molecule has 2 bridgehead atoms. The first kappa shape index (κ1) is 12.5. The summed E-state index contributed by atoms with van der Waals surface area (Å²) in [5.41, 5.74) is 0.548. The van der Waals surface area contributed by atoms with E-state index in [2.05, 4.69) is 23.5 Å². The predicted octanol–water partition coefficient (Wildman–Crippen LogP) is 3.42. The van der Waals surface area contributed by atoms with Crippen molar-refractivity contribution in [2.45, 2.75) is 32.0 Å². The highest BCUT2D eigenvalue weighted by Gasteiger charge is 2.48. The first-order chi connectivity index (χ1) is 10.1. The van der Waals surface area contributed by atoms with Crippen molar-refractivity contribution in [3.8, 4) is 5.75 Å². The van der Waals surface area contributed by atoms with Gasteiger partial charge in [0.2, 0.25) is 0 Å². The van der Waals surface area contributed by atoms with E-state index in [9.17, 15) is 4.79 Å². The number of hydrogen-bond donors (Lipinski definition) is 1. The summed E-state index contributed by atoms with van der Waals surface area (Å²) in [6.45, 7) is 4.61. The van der Waals surface area contributed by atoms with Crippen LogP contribution in [0.5, 0.6) is 5.75 Å². The summed E-state index contributed by atoms with van der Waals surface area (Å²) in [6, 6.07) is 12.3. The number of carbonyl (C=O) groups is 1. The second-order valence-corrected chi connectivity index (χ2v) is 5.93. The second-order valence-electron chi connectivity index (χ2n) is 5.93. The summed E-state index contributed by atoms with van der Waals surface area (Å²) in [4.78, 5) is 14.1. The fourth-order valence-corrected chi connectivity index (χ4v) is 3.69. The predicted molar refractivity (Wildman–Crippen MR) is 81.3 cm³/mol. The molecule has 0 radical (unpaired) electrons. The molecule has 2 heterocycles. The molecule has 2 aliphatic rings. The number of urea groups is 1. The standard InChI is InChI=1S/C17H18N2O2/c1-3-19-16(20)18-13-10-17(19,2)21-14-9-8-11-6-4-5-7-12(11)15(13)14/h4-9,13H,3,10H2,1-2H3,(H,18,20). The number of ether oxygens (including phenoxy) is 1. The van der Waals surface area contributed by atoms with E-state index in [4.69, 9.17) is 4.74 Å². The highest BCUT2D eigenvalue weighted by Crippen LogP contribution is 2.46. The molecule has 2 aromatic rings. The van der Waals surface area contributed by atoms with Gasteiger partial charge >= 0.3 is 6.03 Å². The Morgan fingerprint density at radius 1 is 1.33 bits per heavy atom. The lowest BCUT2D eigenvalue weighted by atomic mass is 9.87. The van der Waals surface area contributed by atoms with Crippen LogP contribution in [0, 0.1) is 0 Å². The molecule has 1 fully saturated rings. The van der Waals surface area contributed by atoms with Gasteiger partial charge in [-0.1, -0.05) is 30.3 Å². The van der Waals surface area contributed by atoms with Crippen molar-refractivity contribution >= 4 is 16.8 Å². The van der Waals surface area contributed by atoms with Crippen molar-refractivity contribution in [2.75, 3.05) is 6.54 Å². The number of carbonyl (C=O) groups excluding carboxylic acids is 1. The molecule has 2 unspecified atom stereocenters. The number of rotatable bonds is 1. The minimum atomic E-state index is -0.558. The molecule has 4 heteroatoms. The van der Waals surface area contributed by atoms with Crippen LogP contribution < -0.4 is 10.1 Å². The van der Waals surface area contributed by atoms with Crippen molar-refractivity contribution in [1.29, 1.82) is 0 Å². The lowest BCUT2D eigenvalue weighted by Crippen LogP contribution is -2.64. The highest BCUT2D eigenvalue weighted by atomic mass is 16.5. The molecule has 0 spiro atoms. The smallest absolute Gasteiger partial charge is 0.320 e. The minimum Gasteiger partial charge on any atom is -0.468 e. The van der Waals surface area contributed by atoms with Crippen molar-refractivity contribution in [3.63, 3.8) is 0 Å². The molecule has 0 aliphatic carbocycles. The van der Waals surface area contributed by atoms with Crippen LogP contribution in [0.4, 0.5) is 4.79 Å². The van der Waals surface area contributed by atoms with Gasteiger partial charge < -0.3 is 10.1 Å². The normalized spacial score (nSPS) is 27.0. The van der Waals surface area contributed by atoms with Gasteiger partial charge in [0.05, 0.1) is 6.04 Å². The molecule has 0 aromatic heterocycles. The van der Waals surface area contributed by atoms with Gasteiger partial charge in [0.1, 0.15) is 5.75 Å². The monoisotopic (exact) mass is 282 g/mol. The van der Waals surface area contributed by atoms with Crippen LogP contribution in [0.15, 0.2) is 36.4 Å². The van der Waals surface area contributed by atoms with Gasteiger partial charge in [-0.15, -0.1) is 0 Å². The van der Waals surface area contributed by atoms with E-state index in [1.165, 1.54) is 5.39 Å². The fraction of sp³-hybridized carbons (Fsp3) is 0.353. The van der Waals surface area contributed by atoms with E-state index in [1.807, 2.05) is 32.0 Å². The molecule has 1 N–H and O–H groups in total. The van der Waals surface area contributed by atoms with E-state index in [0.29, 0.717) is 6.54 Å². The number of benzene rings is 2. The Morgan fingerprint density at radius 3 is 2.95 bits per heavy atom. The molecule has 1 saturated heterocycles. The van der Waals surface area contributed by atoms with E-state index in [-0.39, 0.29) is 12.1 Å². The molecule has 0 saturated carbocycles. The van der Waals surface area contributed by atoms with E-state index >= 15 is 0 Å². The molecule has 2 amide bonds. The Morgan fingerprint density at radius 2 is 2.14 bits per heavy atom. The maximum Gasteiger partial charge on any atom is 0.320 e. The van der Waals surface area contributed by atoms with Crippen LogP contribution in [0.2, 0.25) is 0 Å². The molecular weight excluding hydrogens is 264 g/mol. The third kappa shape index (κ3) is 1.65. The van der Waals surface area contributed by atoms with Crippen LogP contribution in [0.25, 0.3) is 10.8 Å². The first-order valence-electron chi connectivity index (χ1n) is 7.41. The van der Waals surface area contributed by atoms with Crippen LogP contribution in [-0.2, 0) is 0 Å². The summed E-state index contributed by atoms with van der Waals surface area (Å²) in [5, 5.41) is 5.47. The largest absolute Gasteiger partial charge is 0.468 e. The zero-order chi connectivity index (χ0) is 14.6. The minimum absolute atomic E-state index is 0.0140. The first-order valence-corrected chi connectivity index (χ1v) is 7.41. The molecule has 21 heavy (non-hydrogen) atoms. The van der Waals surface area contributed by atoms with Crippen LogP contribution in [0.1, 0.15) is 31.9 Å². The van der Waals surface area contributed by atoms with Crippen molar-refractivity contribution < 1.29 is 9.53 Å². The zero-order valence-electron chi connectivity index (χ0n) is 12.2. The number of nitrogens with zero attached hydrogens (tertiary/aromatic N) is 1. The molecule has 2 aromatic carbocycles. The molecule has 2 aliphatic heterocycles. The summed E-state index contributed by atoms with van der Waals surface area (Å²) < 4.78 is 6.24. The second kappa shape index (κ2) is 4.13. The highest BCUT2D eigenvalue weighted by molar-refractivity contribution is 5.89. The maximum atomic E-state index is 12.3. The lowest BCUT2D eigenvalue weighted by molar-refractivity contribution is -0.0811. The Balaban J connectivity index is 1.93. The van der Waals surface area contributed by atoms with Crippen LogP contribution in [0.3, 0.4) is 0 Å². The fourth-order valence-electron chi connectivity index (χ4n) is 3.69. The summed E-state index contributed by atoms with van der Waals surface area (Å²) >= 11 is 0. The molecule has 4 rings (SSSR count). The number of fused-ring (bicyclic) bond motifs is 6. The van der Waals surface area contributed by atoms with Gasteiger partial charge in [0.15, 0.2) is 5.72 Å². The Bertz CT molecular complexity index is 743. The van der Waals surface area contributed by atoms with E-state index in [0.717, 1.165) is 23.1 Å². The lowest BCUT2D eigenvalue weighted by Gasteiger charge is -2.50. The van der Waals surface area contributed by atoms with Crippen molar-refractivity contribution in [2.24, 2.45) is 0 Å². The Kier molecular flexibility index (Phi) is 2.46. The maximum absolute atomic E-state index is 12.3. The number of amides is 2. The van der Waals surface area contributed by atoms with Crippen molar-refractivity contribution in [1.82, 2.24) is 10.2 Å². The Hall–Kier alpha value is -2.23. The van der Waals surface area contributed by atoms with Crippen molar-refractivity contribution in [3.05, 3.63) is 42.0 Å². The molecular formula is C17H18N2O2. The molecule has 4 nitrogen and oxygen atoms in total. The van der Waals surface area contributed by atoms with Gasteiger partial charge in [-0.25, -0.2) is 4.79 Å². The molecule has 108 valence electrons. The third-order valence-electron chi connectivity index (χ3n) is 4.62. The van der Waals surface area contributed by atoms with Gasteiger partial charge in [-0.2, -0.15) is 0 Å². The summed E-state index contributed by atoms with van der Waals surface area (Å²) in [7, 11) is 0. The van der Waals surface area contributed by atoms with Gasteiger partial charge in [-0.3, -0.25) is 4.90 Å². The van der Waals surface area contributed by atoms with Crippen LogP contribution in [-0.4, -0.2) is 23.2 Å². The van der Waals surface area contributed by atoms with E-state index in [1.54, 1.807) is 4.90 Å². The average molecular weight is 282 g/mol. The average Bonchev–Trinajstić information content (AvgIpc) is 2.46. The SMILES string of the molecule is CCN1C(=O)NC2CC1(C)Oc1ccc3ccccc3c12. The van der Waals surface area contributed by atoms with E-state index < -0.39 is 5.72 Å². The summed E-state index contributed by atoms with van der Waals surface area (Å²) in [5.74, 6) is 0.880. The van der Waals surface area contributed by atoms with Gasteiger partial charge in [0.25, 0.3) is 0 Å². The van der Waals surface area contributed by atoms with Gasteiger partial charge in [0, 0.05) is 18.5 Å². The summed E-state index contributed by atoms with van der Waals surface area (Å²) in [6.07, 6.45) is 0.771. The topological polar surface area (TPSA) is 41.6 Å². The molecule has 2 atom stereocenters. The van der Waals surface area contributed by atoms with Gasteiger partial charge in [-0.05, 0) is 30.7 Å². The Labute approximate surface area is 123 Å². The zero-order valence-corrected chi connectivity index (χ0v) is 12.2. The third-order valence-corrected chi connectivity index (χ3v) is 4.62.